The summed E-state index contributed by atoms with van der Waals surface area (Å²) in [6.45, 7) is 4.32. The fourth-order valence-corrected chi connectivity index (χ4v) is 2.72. The van der Waals surface area contributed by atoms with E-state index < -0.39 is 0 Å². The van der Waals surface area contributed by atoms with Crippen LogP contribution in [-0.4, -0.2) is 14.5 Å². The maximum absolute atomic E-state index is 6.24. The SMILES string of the molecule is Cc1cnc(Cn2c(C(C)Cl)nc3cc(Br)ccc32)o1. The molecule has 0 amide bonds. The van der Waals surface area contributed by atoms with Crippen LogP contribution in [-0.2, 0) is 6.54 Å². The maximum atomic E-state index is 6.24. The number of aromatic nitrogens is 3. The van der Waals surface area contributed by atoms with Crippen molar-refractivity contribution in [1.29, 1.82) is 0 Å². The van der Waals surface area contributed by atoms with E-state index in [0.717, 1.165) is 27.1 Å². The highest BCUT2D eigenvalue weighted by atomic mass is 79.9. The average molecular weight is 355 g/mol. The average Bonchev–Trinajstić information content (AvgIpc) is 2.94. The van der Waals surface area contributed by atoms with Crippen LogP contribution in [0.5, 0.6) is 0 Å². The van der Waals surface area contributed by atoms with E-state index in [0.29, 0.717) is 12.4 Å². The summed E-state index contributed by atoms with van der Waals surface area (Å²) >= 11 is 9.71. The van der Waals surface area contributed by atoms with E-state index in [1.54, 1.807) is 6.20 Å². The first-order valence-electron chi connectivity index (χ1n) is 6.25. The maximum Gasteiger partial charge on any atom is 0.214 e. The Labute approximate surface area is 129 Å². The number of alkyl halides is 1. The Hall–Kier alpha value is -1.33. The second-order valence-electron chi connectivity index (χ2n) is 4.67. The largest absolute Gasteiger partial charge is 0.444 e. The number of rotatable bonds is 3. The van der Waals surface area contributed by atoms with E-state index >= 15 is 0 Å². The lowest BCUT2D eigenvalue weighted by molar-refractivity contribution is 0.456. The third kappa shape index (κ3) is 2.47. The van der Waals surface area contributed by atoms with Crippen LogP contribution in [0.2, 0.25) is 0 Å². The fraction of sp³-hybridized carbons (Fsp3) is 0.286. The van der Waals surface area contributed by atoms with Crippen LogP contribution in [0.15, 0.2) is 33.3 Å². The highest BCUT2D eigenvalue weighted by Crippen LogP contribution is 2.27. The number of hydrogen-bond acceptors (Lipinski definition) is 3. The van der Waals surface area contributed by atoms with E-state index in [1.165, 1.54) is 0 Å². The number of halogens is 2. The normalized spacial score (nSPS) is 13.0. The molecule has 1 atom stereocenters. The Morgan fingerprint density at radius 1 is 1.45 bits per heavy atom. The number of nitrogens with zero attached hydrogens (tertiary/aromatic N) is 3. The number of hydrogen-bond donors (Lipinski definition) is 0. The summed E-state index contributed by atoms with van der Waals surface area (Å²) in [4.78, 5) is 8.86. The molecule has 6 heteroatoms. The molecule has 0 bridgehead atoms. The molecule has 0 aliphatic carbocycles. The first kappa shape index (κ1) is 13.6. The van der Waals surface area contributed by atoms with Crippen LogP contribution in [0.25, 0.3) is 11.0 Å². The van der Waals surface area contributed by atoms with E-state index in [1.807, 2.05) is 36.6 Å². The van der Waals surface area contributed by atoms with Crippen LogP contribution in [0, 0.1) is 6.92 Å². The smallest absolute Gasteiger partial charge is 0.214 e. The summed E-state index contributed by atoms with van der Waals surface area (Å²) in [6, 6.07) is 5.99. The number of aryl methyl sites for hydroxylation is 1. The van der Waals surface area contributed by atoms with E-state index in [-0.39, 0.29) is 5.38 Å². The molecule has 0 saturated heterocycles. The second-order valence-corrected chi connectivity index (χ2v) is 6.24. The standard InChI is InChI=1S/C14H13BrClN3O/c1-8-6-17-13(20-8)7-19-12-4-3-10(15)5-11(12)18-14(19)9(2)16/h3-6,9H,7H2,1-2H3. The van der Waals surface area contributed by atoms with Crippen LogP contribution in [0.3, 0.4) is 0 Å². The number of benzene rings is 1. The summed E-state index contributed by atoms with van der Waals surface area (Å²) in [7, 11) is 0. The molecule has 3 aromatic rings. The van der Waals surface area contributed by atoms with Gasteiger partial charge in [-0.25, -0.2) is 9.97 Å². The Bertz CT molecular complexity index is 763. The van der Waals surface area contributed by atoms with Crippen molar-refractivity contribution < 1.29 is 4.42 Å². The first-order valence-corrected chi connectivity index (χ1v) is 7.48. The van der Waals surface area contributed by atoms with Crippen molar-refractivity contribution in [1.82, 2.24) is 14.5 Å². The lowest BCUT2D eigenvalue weighted by Crippen LogP contribution is -2.06. The van der Waals surface area contributed by atoms with Gasteiger partial charge in [0, 0.05) is 4.47 Å². The molecule has 20 heavy (non-hydrogen) atoms. The molecule has 0 aliphatic rings. The van der Waals surface area contributed by atoms with Gasteiger partial charge in [-0.1, -0.05) is 15.9 Å². The van der Waals surface area contributed by atoms with Crippen molar-refractivity contribution in [3.05, 3.63) is 46.3 Å². The van der Waals surface area contributed by atoms with Crippen molar-refractivity contribution in [2.45, 2.75) is 25.8 Å². The van der Waals surface area contributed by atoms with Gasteiger partial charge in [0.1, 0.15) is 18.1 Å². The zero-order chi connectivity index (χ0) is 14.3. The summed E-state index contributed by atoms with van der Waals surface area (Å²) in [6.07, 6.45) is 1.72. The predicted octanol–water partition coefficient (Wildman–Crippen LogP) is 4.44. The van der Waals surface area contributed by atoms with Crippen molar-refractivity contribution in [3.63, 3.8) is 0 Å². The van der Waals surface area contributed by atoms with Crippen LogP contribution in [0.1, 0.15) is 29.8 Å². The van der Waals surface area contributed by atoms with Crippen LogP contribution >= 0.6 is 27.5 Å². The lowest BCUT2D eigenvalue weighted by Gasteiger charge is -2.08. The summed E-state index contributed by atoms with van der Waals surface area (Å²) in [5, 5.41) is -0.183. The number of fused-ring (bicyclic) bond motifs is 1. The van der Waals surface area contributed by atoms with Gasteiger partial charge in [0.2, 0.25) is 5.89 Å². The van der Waals surface area contributed by atoms with Gasteiger partial charge in [0.25, 0.3) is 0 Å². The fourth-order valence-electron chi connectivity index (χ4n) is 2.20. The monoisotopic (exact) mass is 353 g/mol. The molecule has 0 saturated carbocycles. The minimum Gasteiger partial charge on any atom is -0.444 e. The number of oxazole rings is 1. The van der Waals surface area contributed by atoms with E-state index in [9.17, 15) is 0 Å². The Kier molecular flexibility index (Phi) is 3.56. The topological polar surface area (TPSA) is 43.9 Å². The van der Waals surface area contributed by atoms with Crippen molar-refractivity contribution in [3.8, 4) is 0 Å². The van der Waals surface area contributed by atoms with Crippen molar-refractivity contribution >= 4 is 38.6 Å². The molecule has 3 rings (SSSR count). The molecule has 2 aromatic heterocycles. The van der Waals surface area contributed by atoms with Gasteiger partial charge in [0.15, 0.2) is 0 Å². The zero-order valence-electron chi connectivity index (χ0n) is 11.1. The summed E-state index contributed by atoms with van der Waals surface area (Å²) in [5.74, 6) is 2.27. The molecule has 1 aromatic carbocycles. The molecule has 4 nitrogen and oxygen atoms in total. The third-order valence-electron chi connectivity index (χ3n) is 3.06. The van der Waals surface area contributed by atoms with Gasteiger partial charge in [-0.05, 0) is 32.0 Å². The lowest BCUT2D eigenvalue weighted by atomic mass is 10.3. The van der Waals surface area contributed by atoms with Crippen LogP contribution < -0.4 is 0 Å². The third-order valence-corrected chi connectivity index (χ3v) is 3.75. The molecular formula is C14H13BrClN3O. The van der Waals surface area contributed by atoms with E-state index in [4.69, 9.17) is 16.0 Å². The Morgan fingerprint density at radius 2 is 2.25 bits per heavy atom. The van der Waals surface area contributed by atoms with Gasteiger partial charge in [0.05, 0.1) is 22.6 Å². The van der Waals surface area contributed by atoms with Gasteiger partial charge in [-0.15, -0.1) is 11.6 Å². The highest BCUT2D eigenvalue weighted by Gasteiger charge is 2.16. The molecule has 0 aliphatic heterocycles. The molecule has 0 spiro atoms. The van der Waals surface area contributed by atoms with Gasteiger partial charge < -0.3 is 8.98 Å². The van der Waals surface area contributed by atoms with Gasteiger partial charge >= 0.3 is 0 Å². The summed E-state index contributed by atoms with van der Waals surface area (Å²) < 4.78 is 8.59. The zero-order valence-corrected chi connectivity index (χ0v) is 13.4. The van der Waals surface area contributed by atoms with Gasteiger partial charge in [-0.2, -0.15) is 0 Å². The second kappa shape index (κ2) is 5.22. The van der Waals surface area contributed by atoms with Crippen LogP contribution in [0.4, 0.5) is 0 Å². The molecule has 1 unspecified atom stereocenters. The Balaban J connectivity index is 2.13. The molecule has 0 radical (unpaired) electrons. The molecular weight excluding hydrogens is 342 g/mol. The minimum atomic E-state index is -0.183. The highest BCUT2D eigenvalue weighted by molar-refractivity contribution is 9.10. The molecule has 0 fully saturated rings. The quantitative estimate of drug-likeness (QED) is 0.653. The minimum absolute atomic E-state index is 0.183. The van der Waals surface area contributed by atoms with Crippen molar-refractivity contribution in [2.75, 3.05) is 0 Å². The van der Waals surface area contributed by atoms with Crippen molar-refractivity contribution in [2.24, 2.45) is 0 Å². The van der Waals surface area contributed by atoms with Gasteiger partial charge in [-0.3, -0.25) is 0 Å². The Morgan fingerprint density at radius 3 is 2.90 bits per heavy atom. The first-order chi connectivity index (χ1) is 9.54. The molecule has 0 N–H and O–H groups in total. The van der Waals surface area contributed by atoms with E-state index in [2.05, 4.69) is 25.9 Å². The summed E-state index contributed by atoms with van der Waals surface area (Å²) in [5.41, 5.74) is 1.93. The molecule has 104 valence electrons. The number of imidazole rings is 1. The molecule has 2 heterocycles. The predicted molar refractivity (Wildman–Crippen MR) is 82.0 cm³/mol.